The highest BCUT2D eigenvalue weighted by molar-refractivity contribution is 6.30. The summed E-state index contributed by atoms with van der Waals surface area (Å²) in [4.78, 5) is 74.0. The van der Waals surface area contributed by atoms with Crippen molar-refractivity contribution in [3.63, 3.8) is 0 Å². The van der Waals surface area contributed by atoms with Crippen molar-refractivity contribution in [3.8, 4) is 0 Å². The van der Waals surface area contributed by atoms with Crippen molar-refractivity contribution >= 4 is 70.3 Å². The summed E-state index contributed by atoms with van der Waals surface area (Å²) in [7, 11) is 0. The molecule has 214 valence electrons. The van der Waals surface area contributed by atoms with Crippen LogP contribution in [0.2, 0.25) is 10.0 Å². The van der Waals surface area contributed by atoms with Crippen molar-refractivity contribution in [1.29, 1.82) is 0 Å². The second-order valence-corrected chi connectivity index (χ2v) is 10.4. The molecule has 0 saturated carbocycles. The molecule has 2 unspecified atom stereocenters. The maximum Gasteiger partial charge on any atom is 0.328 e. The zero-order chi connectivity index (χ0) is 30.0. The standard InChI is InChI=1S/C28H22Cl2N6O6/c29-15-5-1-13(2-6-15)21(19-23(37)33-27(41)34-24(19)38)31-17-9-11-18(12-10-17)32-22(14-3-7-16(30)8-4-14)20-25(39)35-28(42)36-26(20)40/h1-12,19-22,31-32H,(H2,33,34,37,38,41)(H2,35,36,39,40,42). The van der Waals surface area contributed by atoms with Gasteiger partial charge in [0, 0.05) is 21.4 Å². The second-order valence-electron chi connectivity index (χ2n) is 9.50. The molecule has 0 bridgehead atoms. The van der Waals surface area contributed by atoms with Crippen LogP contribution in [0.15, 0.2) is 72.8 Å². The lowest BCUT2D eigenvalue weighted by Gasteiger charge is -2.31. The van der Waals surface area contributed by atoms with E-state index in [0.29, 0.717) is 32.5 Å². The summed E-state index contributed by atoms with van der Waals surface area (Å²) < 4.78 is 0. The molecule has 5 rings (SSSR count). The largest absolute Gasteiger partial charge is 0.377 e. The molecule has 2 aliphatic rings. The number of benzene rings is 3. The van der Waals surface area contributed by atoms with Crippen LogP contribution < -0.4 is 31.9 Å². The molecule has 0 radical (unpaired) electrons. The first-order valence-electron chi connectivity index (χ1n) is 12.5. The number of halogens is 2. The monoisotopic (exact) mass is 608 g/mol. The molecule has 2 saturated heterocycles. The van der Waals surface area contributed by atoms with Gasteiger partial charge in [0.2, 0.25) is 23.6 Å². The SMILES string of the molecule is O=C1NC(=O)C(C(Nc2ccc(NC(c3ccc(Cl)cc3)C3C(=O)NC(=O)NC3=O)cc2)c2ccc(Cl)cc2)C(=O)N1. The van der Waals surface area contributed by atoms with Crippen LogP contribution in [0.25, 0.3) is 0 Å². The maximum absolute atomic E-state index is 12.7. The lowest BCUT2D eigenvalue weighted by atomic mass is 9.89. The highest BCUT2D eigenvalue weighted by atomic mass is 35.5. The van der Waals surface area contributed by atoms with Gasteiger partial charge in [-0.25, -0.2) is 9.59 Å². The van der Waals surface area contributed by atoms with Crippen molar-refractivity contribution in [2.45, 2.75) is 12.1 Å². The van der Waals surface area contributed by atoms with E-state index in [4.69, 9.17) is 23.2 Å². The van der Waals surface area contributed by atoms with E-state index < -0.39 is 59.6 Å². The number of barbiturate groups is 2. The lowest BCUT2D eigenvalue weighted by Crippen LogP contribution is -2.58. The van der Waals surface area contributed by atoms with Gasteiger partial charge in [-0.15, -0.1) is 0 Å². The van der Waals surface area contributed by atoms with E-state index in [1.165, 1.54) is 0 Å². The molecule has 6 N–H and O–H groups in total. The van der Waals surface area contributed by atoms with E-state index in [1.54, 1.807) is 72.8 Å². The summed E-state index contributed by atoms with van der Waals surface area (Å²) in [5.41, 5.74) is 2.16. The number of imide groups is 4. The van der Waals surface area contributed by atoms with Crippen molar-refractivity contribution in [2.24, 2.45) is 11.8 Å². The van der Waals surface area contributed by atoms with Gasteiger partial charge < -0.3 is 10.6 Å². The van der Waals surface area contributed by atoms with Crippen LogP contribution in [-0.4, -0.2) is 35.7 Å². The zero-order valence-electron chi connectivity index (χ0n) is 21.4. The van der Waals surface area contributed by atoms with Gasteiger partial charge in [0.05, 0.1) is 12.1 Å². The summed E-state index contributed by atoms with van der Waals surface area (Å²) in [5, 5.41) is 15.7. The Hall–Kier alpha value is -4.94. The quantitative estimate of drug-likeness (QED) is 0.211. The molecule has 3 aromatic rings. The van der Waals surface area contributed by atoms with E-state index in [2.05, 4.69) is 31.9 Å². The Labute approximate surface area is 248 Å². The van der Waals surface area contributed by atoms with Gasteiger partial charge in [-0.3, -0.25) is 40.4 Å². The molecule has 2 aliphatic heterocycles. The van der Waals surface area contributed by atoms with E-state index in [0.717, 1.165) is 0 Å². The predicted molar refractivity (Wildman–Crippen MR) is 152 cm³/mol. The first-order chi connectivity index (χ1) is 20.1. The third-order valence-corrected chi connectivity index (χ3v) is 7.23. The molecule has 0 spiro atoms. The Morgan fingerprint density at radius 2 is 0.762 bits per heavy atom. The molecule has 0 aliphatic carbocycles. The molecule has 8 amide bonds. The van der Waals surface area contributed by atoms with E-state index in [-0.39, 0.29) is 0 Å². The number of amides is 8. The molecule has 0 aromatic heterocycles. The van der Waals surface area contributed by atoms with Gasteiger partial charge >= 0.3 is 12.1 Å². The third-order valence-electron chi connectivity index (χ3n) is 6.73. The normalized spacial score (nSPS) is 17.5. The number of anilines is 2. The smallest absolute Gasteiger partial charge is 0.328 e. The second kappa shape index (κ2) is 11.9. The first kappa shape index (κ1) is 28.6. The van der Waals surface area contributed by atoms with Crippen molar-refractivity contribution in [2.75, 3.05) is 10.6 Å². The van der Waals surface area contributed by atoms with Crippen molar-refractivity contribution in [1.82, 2.24) is 21.3 Å². The number of carbonyl (C=O) groups is 6. The Morgan fingerprint density at radius 3 is 1.05 bits per heavy atom. The Bertz CT molecular complexity index is 1420. The van der Waals surface area contributed by atoms with Gasteiger partial charge in [0.1, 0.15) is 11.8 Å². The fourth-order valence-corrected chi connectivity index (χ4v) is 5.00. The molecule has 2 fully saturated rings. The summed E-state index contributed by atoms with van der Waals surface area (Å²) in [6, 6.07) is 16.2. The van der Waals surface area contributed by atoms with E-state index >= 15 is 0 Å². The summed E-state index contributed by atoms with van der Waals surface area (Å²) in [6.07, 6.45) is 0. The Morgan fingerprint density at radius 1 is 0.476 bits per heavy atom. The molecule has 14 heteroatoms. The first-order valence-corrected chi connectivity index (χ1v) is 13.3. The van der Waals surface area contributed by atoms with Crippen LogP contribution >= 0.6 is 23.2 Å². The zero-order valence-corrected chi connectivity index (χ0v) is 23.0. The fourth-order valence-electron chi connectivity index (χ4n) is 4.74. The van der Waals surface area contributed by atoms with Gasteiger partial charge in [0.15, 0.2) is 0 Å². The molecular formula is C28H22Cl2N6O6. The third kappa shape index (κ3) is 6.19. The topological polar surface area (TPSA) is 175 Å². The van der Waals surface area contributed by atoms with Crippen molar-refractivity contribution < 1.29 is 28.8 Å². The van der Waals surface area contributed by atoms with Gasteiger partial charge in [0.25, 0.3) is 0 Å². The number of rotatable bonds is 8. The Kier molecular flexibility index (Phi) is 8.09. The van der Waals surface area contributed by atoms with E-state index in [9.17, 15) is 28.8 Å². The Balaban J connectivity index is 1.41. The fraction of sp³-hybridized carbons (Fsp3) is 0.143. The molecule has 42 heavy (non-hydrogen) atoms. The number of carbonyl (C=O) groups excluding carboxylic acids is 6. The van der Waals surface area contributed by atoms with Crippen LogP contribution in [0.5, 0.6) is 0 Å². The average Bonchev–Trinajstić information content (AvgIpc) is 2.93. The molecule has 3 aromatic carbocycles. The van der Waals surface area contributed by atoms with Gasteiger partial charge in [-0.05, 0) is 59.7 Å². The highest BCUT2D eigenvalue weighted by Gasteiger charge is 2.42. The van der Waals surface area contributed by atoms with Crippen LogP contribution in [0, 0.1) is 11.8 Å². The number of nitrogens with one attached hydrogen (secondary N) is 6. The van der Waals surface area contributed by atoms with Crippen molar-refractivity contribution in [3.05, 3.63) is 94.0 Å². The van der Waals surface area contributed by atoms with Gasteiger partial charge in [-0.2, -0.15) is 0 Å². The average molecular weight is 609 g/mol. The minimum Gasteiger partial charge on any atom is -0.377 e. The van der Waals surface area contributed by atoms with Gasteiger partial charge in [-0.1, -0.05) is 47.5 Å². The number of hydrogen-bond acceptors (Lipinski definition) is 8. The lowest BCUT2D eigenvalue weighted by molar-refractivity contribution is -0.138. The molecule has 12 nitrogen and oxygen atoms in total. The number of hydrogen-bond donors (Lipinski definition) is 6. The molecule has 2 heterocycles. The van der Waals surface area contributed by atoms with Crippen LogP contribution in [0.4, 0.5) is 21.0 Å². The highest BCUT2D eigenvalue weighted by Crippen LogP contribution is 2.33. The van der Waals surface area contributed by atoms with E-state index in [1.807, 2.05) is 0 Å². The minimum atomic E-state index is -1.28. The summed E-state index contributed by atoms with van der Waals surface area (Å²) >= 11 is 12.1. The molecule has 2 atom stereocenters. The minimum absolute atomic E-state index is 0.459. The van der Waals surface area contributed by atoms with Crippen LogP contribution in [0.3, 0.4) is 0 Å². The van der Waals surface area contributed by atoms with Crippen LogP contribution in [0.1, 0.15) is 23.2 Å². The number of urea groups is 2. The summed E-state index contributed by atoms with van der Waals surface area (Å²) in [6.45, 7) is 0. The molecular weight excluding hydrogens is 587 g/mol. The van der Waals surface area contributed by atoms with Crippen LogP contribution in [-0.2, 0) is 19.2 Å². The maximum atomic E-state index is 12.7. The summed E-state index contributed by atoms with van der Waals surface area (Å²) in [5.74, 6) is -5.60. The predicted octanol–water partition coefficient (Wildman–Crippen LogP) is 3.26.